The Morgan fingerprint density at radius 1 is 1.12 bits per heavy atom. The van der Waals surface area contributed by atoms with E-state index in [-0.39, 0.29) is 18.4 Å². The molecule has 11 heteroatoms. The van der Waals surface area contributed by atoms with Crippen LogP contribution in [-0.2, 0) is 37.7 Å². The summed E-state index contributed by atoms with van der Waals surface area (Å²) in [5, 5.41) is 13.6. The van der Waals surface area contributed by atoms with E-state index in [1.807, 2.05) is 37.3 Å². The Balaban J connectivity index is 1.31. The van der Waals surface area contributed by atoms with Crippen LogP contribution in [0.4, 0.5) is 15.3 Å². The van der Waals surface area contributed by atoms with Crippen LogP contribution in [0.25, 0.3) is 0 Å². The van der Waals surface area contributed by atoms with Gasteiger partial charge in [-0.05, 0) is 62.3 Å². The Hall–Kier alpha value is -4.41. The average molecular weight is 549 g/mol. The van der Waals surface area contributed by atoms with Crippen molar-refractivity contribution < 1.29 is 33.8 Å². The predicted octanol–water partition coefficient (Wildman–Crippen LogP) is 3.23. The monoisotopic (exact) mass is 548 g/mol. The molecule has 5 rings (SSSR count). The van der Waals surface area contributed by atoms with Gasteiger partial charge in [-0.1, -0.05) is 36.4 Å². The number of benzene rings is 2. The van der Waals surface area contributed by atoms with Crippen LogP contribution < -0.4 is 10.6 Å². The number of nitrogens with zero attached hydrogens (tertiary/aromatic N) is 2. The number of carbonyl (C=O) groups is 5. The van der Waals surface area contributed by atoms with E-state index in [0.717, 1.165) is 28.9 Å². The van der Waals surface area contributed by atoms with Gasteiger partial charge < -0.3 is 25.4 Å². The number of carbonyl (C=O) groups excluding carboxylic acids is 4. The minimum Gasteiger partial charge on any atom is -0.465 e. The van der Waals surface area contributed by atoms with Gasteiger partial charge in [0.1, 0.15) is 12.6 Å². The molecule has 2 aliphatic carbocycles. The van der Waals surface area contributed by atoms with Crippen molar-refractivity contribution in [2.24, 2.45) is 5.92 Å². The summed E-state index contributed by atoms with van der Waals surface area (Å²) in [6, 6.07) is 13.5. The Morgan fingerprint density at radius 3 is 2.52 bits per heavy atom. The van der Waals surface area contributed by atoms with Crippen molar-refractivity contribution in [2.75, 3.05) is 11.9 Å². The largest absolute Gasteiger partial charge is 0.465 e. The lowest BCUT2D eigenvalue weighted by molar-refractivity contribution is -0.143. The number of nitrogens with one attached hydrogen (secondary N) is 2. The highest BCUT2D eigenvalue weighted by molar-refractivity contribution is 6.06. The zero-order valence-corrected chi connectivity index (χ0v) is 22.4. The average Bonchev–Trinajstić information content (AvgIpc) is 3.67. The lowest BCUT2D eigenvalue weighted by Gasteiger charge is -2.30. The fraction of sp³-hybridized carbons (Fsp3) is 0.414. The Kier molecular flexibility index (Phi) is 7.22. The highest BCUT2D eigenvalue weighted by Gasteiger charge is 2.58. The summed E-state index contributed by atoms with van der Waals surface area (Å²) in [5.74, 6) is -1.02. The summed E-state index contributed by atoms with van der Waals surface area (Å²) >= 11 is 0. The molecule has 3 atom stereocenters. The highest BCUT2D eigenvalue weighted by atomic mass is 16.6. The van der Waals surface area contributed by atoms with Crippen LogP contribution in [0, 0.1) is 5.92 Å². The van der Waals surface area contributed by atoms with E-state index < -0.39 is 42.2 Å². The third-order valence-corrected chi connectivity index (χ3v) is 7.97. The molecule has 0 radical (unpaired) electrons. The van der Waals surface area contributed by atoms with Crippen molar-refractivity contribution in [3.05, 3.63) is 65.2 Å². The maximum absolute atomic E-state index is 13.7. The highest BCUT2D eigenvalue weighted by Crippen LogP contribution is 2.46. The molecule has 3 aliphatic rings. The van der Waals surface area contributed by atoms with E-state index in [2.05, 4.69) is 10.6 Å². The Bertz CT molecular complexity index is 1360. The molecule has 5 amide bonds. The number of aryl methyl sites for hydroxylation is 1. The Labute approximate surface area is 231 Å². The molecule has 1 saturated heterocycles. The Morgan fingerprint density at radius 2 is 1.85 bits per heavy atom. The van der Waals surface area contributed by atoms with Gasteiger partial charge in [0, 0.05) is 30.3 Å². The molecular weight excluding hydrogens is 516 g/mol. The van der Waals surface area contributed by atoms with E-state index in [1.54, 1.807) is 23.1 Å². The summed E-state index contributed by atoms with van der Waals surface area (Å²) in [4.78, 5) is 65.9. The number of amides is 5. The van der Waals surface area contributed by atoms with E-state index >= 15 is 0 Å². The lowest BCUT2D eigenvalue weighted by atomic mass is 9.94. The fourth-order valence-corrected chi connectivity index (χ4v) is 5.53. The second-order valence-electron chi connectivity index (χ2n) is 10.7. The van der Waals surface area contributed by atoms with Crippen LogP contribution in [0.15, 0.2) is 48.5 Å². The van der Waals surface area contributed by atoms with Crippen molar-refractivity contribution >= 4 is 35.6 Å². The molecular formula is C29H32N4O7. The first-order valence-corrected chi connectivity index (χ1v) is 13.4. The minimum atomic E-state index is -1.51. The van der Waals surface area contributed by atoms with E-state index in [4.69, 9.17) is 9.84 Å². The number of rotatable bonds is 9. The zero-order valence-electron chi connectivity index (χ0n) is 22.4. The second-order valence-corrected chi connectivity index (χ2v) is 10.7. The molecule has 0 bridgehead atoms. The third-order valence-electron chi connectivity index (χ3n) is 7.97. The first-order chi connectivity index (χ1) is 19.1. The predicted molar refractivity (Wildman–Crippen MR) is 143 cm³/mol. The summed E-state index contributed by atoms with van der Waals surface area (Å²) < 4.78 is 5.69. The van der Waals surface area contributed by atoms with Crippen molar-refractivity contribution in [3.63, 3.8) is 0 Å². The summed E-state index contributed by atoms with van der Waals surface area (Å²) in [6.07, 6.45) is 0.563. The van der Waals surface area contributed by atoms with E-state index in [0.29, 0.717) is 30.1 Å². The number of carboxylic acid groups (broad SMARTS) is 1. The normalized spacial score (nSPS) is 21.0. The van der Waals surface area contributed by atoms with Crippen molar-refractivity contribution in [2.45, 2.75) is 63.8 Å². The maximum Gasteiger partial charge on any atom is 0.418 e. The van der Waals surface area contributed by atoms with Crippen LogP contribution in [0.5, 0.6) is 0 Å². The molecule has 2 fully saturated rings. The number of anilines is 1. The molecule has 3 N–H and O–H groups in total. The molecule has 2 aromatic carbocycles. The summed E-state index contributed by atoms with van der Waals surface area (Å²) in [6.45, 7) is 3.41. The number of hydrogen-bond donors (Lipinski definition) is 3. The fourth-order valence-electron chi connectivity index (χ4n) is 5.53. The topological polar surface area (TPSA) is 145 Å². The number of hydrogen-bond acceptors (Lipinski definition) is 6. The summed E-state index contributed by atoms with van der Waals surface area (Å²) in [7, 11) is 0. The molecule has 11 nitrogen and oxygen atoms in total. The molecule has 1 heterocycles. The van der Waals surface area contributed by atoms with Crippen molar-refractivity contribution in [3.8, 4) is 0 Å². The van der Waals surface area contributed by atoms with Gasteiger partial charge >= 0.3 is 12.2 Å². The maximum atomic E-state index is 13.7. The van der Waals surface area contributed by atoms with Crippen molar-refractivity contribution in [1.29, 1.82) is 0 Å². The molecule has 1 spiro atoms. The molecule has 0 aromatic heterocycles. The standard InChI is InChI=1S/C29H32N4O7/c1-17(30-27(37)38)25(35)31-22-10-11-23-21(14-22)12-13-29(23)26(36)33(28(39)40-29)16-24(34)32(18(2)20-8-9-20)15-19-6-4-3-5-7-19/h3-7,10-11,14,17-18,20,30H,8-9,12-13,15-16H2,1-2H3,(H,31,35)(H,37,38)/t17-,18+,29?/m1/s1. The lowest BCUT2D eigenvalue weighted by Crippen LogP contribution is -2.47. The summed E-state index contributed by atoms with van der Waals surface area (Å²) in [5.41, 5.74) is 1.12. The molecule has 1 saturated carbocycles. The van der Waals surface area contributed by atoms with Crippen LogP contribution in [0.2, 0.25) is 0 Å². The second kappa shape index (κ2) is 10.6. The molecule has 1 unspecified atom stereocenters. The SMILES string of the molecule is C[C@@H](NC(=O)O)C(=O)Nc1ccc2c(c1)CCC21OC(=O)N(CC(=O)N(Cc2ccccc2)[C@@H](C)C2CC2)C1=O. The number of imide groups is 1. The van der Waals surface area contributed by atoms with Crippen molar-refractivity contribution in [1.82, 2.24) is 15.1 Å². The van der Waals surface area contributed by atoms with E-state index in [1.165, 1.54) is 6.92 Å². The smallest absolute Gasteiger partial charge is 0.418 e. The number of fused-ring (bicyclic) bond motifs is 2. The van der Waals surface area contributed by atoms with Gasteiger partial charge in [-0.15, -0.1) is 0 Å². The molecule has 40 heavy (non-hydrogen) atoms. The van der Waals surface area contributed by atoms with Crippen LogP contribution >= 0.6 is 0 Å². The van der Waals surface area contributed by atoms with Gasteiger partial charge in [0.05, 0.1) is 0 Å². The zero-order chi connectivity index (χ0) is 28.6. The molecule has 210 valence electrons. The quantitative estimate of drug-likeness (QED) is 0.436. The van der Waals surface area contributed by atoms with Gasteiger partial charge in [0.25, 0.3) is 5.91 Å². The van der Waals surface area contributed by atoms with Gasteiger partial charge in [-0.2, -0.15) is 0 Å². The van der Waals surface area contributed by atoms with Gasteiger partial charge in [0.15, 0.2) is 0 Å². The van der Waals surface area contributed by atoms with Crippen LogP contribution in [-0.4, -0.2) is 63.4 Å². The van der Waals surface area contributed by atoms with Crippen LogP contribution in [0.3, 0.4) is 0 Å². The van der Waals surface area contributed by atoms with Crippen LogP contribution in [0.1, 0.15) is 49.8 Å². The van der Waals surface area contributed by atoms with Gasteiger partial charge in [0.2, 0.25) is 17.4 Å². The first kappa shape index (κ1) is 27.2. The third kappa shape index (κ3) is 5.23. The molecule has 1 aliphatic heterocycles. The first-order valence-electron chi connectivity index (χ1n) is 13.4. The molecule has 2 aromatic rings. The number of ether oxygens (including phenoxy) is 1. The van der Waals surface area contributed by atoms with Gasteiger partial charge in [-0.25, -0.2) is 14.5 Å². The van der Waals surface area contributed by atoms with Gasteiger partial charge in [-0.3, -0.25) is 14.4 Å². The minimum absolute atomic E-state index is 0.0235. The van der Waals surface area contributed by atoms with E-state index in [9.17, 15) is 24.0 Å².